The Balaban J connectivity index is 1.74. The van der Waals surface area contributed by atoms with E-state index in [9.17, 15) is 14.4 Å². The number of imide groups is 1. The van der Waals surface area contributed by atoms with Crippen LogP contribution in [-0.4, -0.2) is 56.2 Å². The van der Waals surface area contributed by atoms with Gasteiger partial charge in [-0.2, -0.15) is 0 Å². The number of hydrogen-bond acceptors (Lipinski definition) is 6. The molecule has 0 aliphatic carbocycles. The van der Waals surface area contributed by atoms with Gasteiger partial charge in [0, 0.05) is 18.3 Å². The number of likely N-dealkylation sites (N-methyl/N-ethyl adjacent to an activating group) is 1. The molecule has 1 aliphatic heterocycles. The highest BCUT2D eigenvalue weighted by Gasteiger charge is 2.16. The average molecular weight is 350 g/mol. The topological polar surface area (TPSA) is 109 Å². The number of benzene rings is 1. The lowest BCUT2D eigenvalue weighted by molar-refractivity contribution is -0.124. The van der Waals surface area contributed by atoms with Crippen LogP contribution < -0.4 is 25.4 Å². The second kappa shape index (κ2) is 8.88. The Morgan fingerprint density at radius 2 is 1.84 bits per heavy atom. The predicted octanol–water partition coefficient (Wildman–Crippen LogP) is 0.521. The lowest BCUT2D eigenvalue weighted by Crippen LogP contribution is -2.43. The van der Waals surface area contributed by atoms with Crippen molar-refractivity contribution in [3.05, 3.63) is 18.2 Å². The Kier molecular flexibility index (Phi) is 6.58. The number of anilines is 1. The van der Waals surface area contributed by atoms with Gasteiger partial charge in [-0.05, 0) is 25.6 Å². The first-order chi connectivity index (χ1) is 12.0. The van der Waals surface area contributed by atoms with Crippen LogP contribution in [0.5, 0.6) is 11.5 Å². The Morgan fingerprint density at radius 1 is 1.12 bits per heavy atom. The molecule has 0 saturated heterocycles. The summed E-state index contributed by atoms with van der Waals surface area (Å²) in [5.74, 6) is 0.456. The minimum atomic E-state index is -0.660. The van der Waals surface area contributed by atoms with Crippen molar-refractivity contribution in [1.82, 2.24) is 15.5 Å². The molecule has 25 heavy (non-hydrogen) atoms. The molecule has 1 heterocycles. The van der Waals surface area contributed by atoms with E-state index in [1.54, 1.807) is 25.2 Å². The predicted molar refractivity (Wildman–Crippen MR) is 90.5 cm³/mol. The largest absolute Gasteiger partial charge is 0.454 e. The van der Waals surface area contributed by atoms with Gasteiger partial charge in [0.05, 0.1) is 13.1 Å². The molecule has 4 amide bonds. The third kappa shape index (κ3) is 5.96. The van der Waals surface area contributed by atoms with Crippen LogP contribution in [0.1, 0.15) is 13.3 Å². The zero-order chi connectivity index (χ0) is 18.2. The van der Waals surface area contributed by atoms with Gasteiger partial charge < -0.3 is 20.1 Å². The number of rotatable bonds is 7. The maximum atomic E-state index is 11.9. The van der Waals surface area contributed by atoms with Crippen molar-refractivity contribution >= 4 is 23.5 Å². The van der Waals surface area contributed by atoms with Crippen molar-refractivity contribution in [2.75, 3.05) is 38.8 Å². The highest BCUT2D eigenvalue weighted by Crippen LogP contribution is 2.34. The zero-order valence-corrected chi connectivity index (χ0v) is 14.3. The van der Waals surface area contributed by atoms with Gasteiger partial charge in [-0.1, -0.05) is 6.92 Å². The number of urea groups is 1. The van der Waals surface area contributed by atoms with Crippen LogP contribution in [0.25, 0.3) is 0 Å². The number of ether oxygens (including phenoxy) is 2. The van der Waals surface area contributed by atoms with Crippen molar-refractivity contribution in [3.63, 3.8) is 0 Å². The standard InChI is InChI=1S/C16H22N4O5/c1-3-6-17-14(21)8-20(2)9-15(22)19-16(23)18-11-4-5-12-13(7-11)25-10-24-12/h4-5,7H,3,6,8-10H2,1-2H3,(H,17,21)(H2,18,19,22,23). The summed E-state index contributed by atoms with van der Waals surface area (Å²) in [5.41, 5.74) is 0.474. The SMILES string of the molecule is CCCNC(=O)CN(C)CC(=O)NC(=O)Nc1ccc2c(c1)OCO2. The van der Waals surface area contributed by atoms with Gasteiger partial charge >= 0.3 is 6.03 Å². The fraction of sp³-hybridized carbons (Fsp3) is 0.438. The molecule has 2 rings (SSSR count). The van der Waals surface area contributed by atoms with E-state index in [2.05, 4.69) is 16.0 Å². The van der Waals surface area contributed by atoms with Gasteiger partial charge in [-0.25, -0.2) is 4.79 Å². The van der Waals surface area contributed by atoms with Crippen molar-refractivity contribution in [3.8, 4) is 11.5 Å². The monoisotopic (exact) mass is 350 g/mol. The molecule has 1 aromatic rings. The molecular weight excluding hydrogens is 328 g/mol. The first kappa shape index (κ1) is 18.5. The number of hydrogen-bond donors (Lipinski definition) is 3. The van der Waals surface area contributed by atoms with Crippen molar-refractivity contribution in [2.45, 2.75) is 13.3 Å². The fourth-order valence-corrected chi connectivity index (χ4v) is 2.17. The molecule has 0 bridgehead atoms. The lowest BCUT2D eigenvalue weighted by Gasteiger charge is -2.15. The fourth-order valence-electron chi connectivity index (χ4n) is 2.17. The van der Waals surface area contributed by atoms with Gasteiger partial charge in [0.25, 0.3) is 0 Å². The van der Waals surface area contributed by atoms with E-state index in [1.807, 2.05) is 6.92 Å². The summed E-state index contributed by atoms with van der Waals surface area (Å²) in [7, 11) is 1.63. The molecule has 0 fully saturated rings. The lowest BCUT2D eigenvalue weighted by atomic mass is 10.3. The Bertz CT molecular complexity index is 649. The second-order valence-electron chi connectivity index (χ2n) is 5.59. The van der Waals surface area contributed by atoms with Crippen LogP contribution in [0.4, 0.5) is 10.5 Å². The first-order valence-electron chi connectivity index (χ1n) is 7.93. The highest BCUT2D eigenvalue weighted by molar-refractivity contribution is 6.02. The molecule has 0 saturated carbocycles. The molecule has 0 spiro atoms. The maximum absolute atomic E-state index is 11.9. The number of amides is 4. The van der Waals surface area contributed by atoms with Crippen LogP contribution >= 0.6 is 0 Å². The summed E-state index contributed by atoms with van der Waals surface area (Å²) in [6.45, 7) is 2.69. The number of fused-ring (bicyclic) bond motifs is 1. The summed E-state index contributed by atoms with van der Waals surface area (Å²) >= 11 is 0. The number of carbonyl (C=O) groups is 3. The number of nitrogens with one attached hydrogen (secondary N) is 3. The smallest absolute Gasteiger partial charge is 0.325 e. The van der Waals surface area contributed by atoms with E-state index in [-0.39, 0.29) is 25.8 Å². The molecule has 3 N–H and O–H groups in total. The van der Waals surface area contributed by atoms with Gasteiger partial charge in [-0.15, -0.1) is 0 Å². The van der Waals surface area contributed by atoms with Gasteiger partial charge in [-0.3, -0.25) is 19.8 Å². The van der Waals surface area contributed by atoms with Crippen molar-refractivity contribution in [1.29, 1.82) is 0 Å². The molecule has 1 aromatic carbocycles. The third-order valence-corrected chi connectivity index (χ3v) is 3.28. The quantitative estimate of drug-likeness (QED) is 0.662. The minimum Gasteiger partial charge on any atom is -0.454 e. The molecule has 9 nitrogen and oxygen atoms in total. The van der Waals surface area contributed by atoms with E-state index < -0.39 is 11.9 Å². The molecule has 9 heteroatoms. The van der Waals surface area contributed by atoms with Crippen LogP contribution in [0, 0.1) is 0 Å². The number of nitrogens with zero attached hydrogens (tertiary/aromatic N) is 1. The maximum Gasteiger partial charge on any atom is 0.325 e. The second-order valence-corrected chi connectivity index (χ2v) is 5.59. The van der Waals surface area contributed by atoms with Gasteiger partial charge in [0.2, 0.25) is 18.6 Å². The molecular formula is C16H22N4O5. The zero-order valence-electron chi connectivity index (χ0n) is 14.3. The Labute approximate surface area is 145 Å². The first-order valence-corrected chi connectivity index (χ1v) is 7.93. The summed E-state index contributed by atoms with van der Waals surface area (Å²) in [6, 6.07) is 4.26. The van der Waals surface area contributed by atoms with Crippen LogP contribution in [0.2, 0.25) is 0 Å². The average Bonchev–Trinajstić information content (AvgIpc) is 2.99. The summed E-state index contributed by atoms with van der Waals surface area (Å²) < 4.78 is 10.4. The molecule has 1 aliphatic rings. The molecule has 0 radical (unpaired) electrons. The minimum absolute atomic E-state index is 0.0753. The van der Waals surface area contributed by atoms with Crippen LogP contribution in [0.15, 0.2) is 18.2 Å². The van der Waals surface area contributed by atoms with E-state index in [0.717, 1.165) is 6.42 Å². The van der Waals surface area contributed by atoms with Crippen molar-refractivity contribution < 1.29 is 23.9 Å². The van der Waals surface area contributed by atoms with E-state index in [0.29, 0.717) is 23.7 Å². The summed E-state index contributed by atoms with van der Waals surface area (Å²) in [4.78, 5) is 36.8. The Hall–Kier alpha value is -2.81. The van der Waals surface area contributed by atoms with E-state index in [4.69, 9.17) is 9.47 Å². The molecule has 0 aromatic heterocycles. The van der Waals surface area contributed by atoms with E-state index in [1.165, 1.54) is 4.90 Å². The molecule has 0 unspecified atom stereocenters. The Morgan fingerprint density at radius 3 is 2.60 bits per heavy atom. The van der Waals surface area contributed by atoms with Gasteiger partial charge in [0.1, 0.15) is 0 Å². The normalized spacial score (nSPS) is 12.0. The summed E-state index contributed by atoms with van der Waals surface area (Å²) in [6.07, 6.45) is 0.843. The molecule has 136 valence electrons. The summed E-state index contributed by atoms with van der Waals surface area (Å²) in [5, 5.41) is 7.47. The third-order valence-electron chi connectivity index (χ3n) is 3.28. The number of carbonyl (C=O) groups excluding carboxylic acids is 3. The van der Waals surface area contributed by atoms with Crippen LogP contribution in [-0.2, 0) is 9.59 Å². The van der Waals surface area contributed by atoms with Gasteiger partial charge in [0.15, 0.2) is 11.5 Å². The van der Waals surface area contributed by atoms with Crippen molar-refractivity contribution in [2.24, 2.45) is 0 Å². The van der Waals surface area contributed by atoms with E-state index >= 15 is 0 Å². The molecule has 0 atom stereocenters. The van der Waals surface area contributed by atoms with Crippen LogP contribution in [0.3, 0.4) is 0 Å². The highest BCUT2D eigenvalue weighted by atomic mass is 16.7.